The Hall–Kier alpha value is -1.17. The van der Waals surface area contributed by atoms with Crippen LogP contribution in [0.15, 0.2) is 17.2 Å². The Morgan fingerprint density at radius 3 is 2.81 bits per heavy atom. The molecule has 1 aromatic rings. The van der Waals surface area contributed by atoms with E-state index < -0.39 is 0 Å². The van der Waals surface area contributed by atoms with E-state index in [4.69, 9.17) is 10.2 Å². The van der Waals surface area contributed by atoms with Gasteiger partial charge >= 0.3 is 0 Å². The number of aliphatic hydroxyl groups is 1. The van der Waals surface area contributed by atoms with Gasteiger partial charge in [0.2, 0.25) is 0 Å². The summed E-state index contributed by atoms with van der Waals surface area (Å²) < 4.78 is 2.21. The van der Waals surface area contributed by atoms with E-state index in [1.165, 1.54) is 37.8 Å². The minimum Gasteiger partial charge on any atom is -0.395 e. The highest BCUT2D eigenvalue weighted by atomic mass is 16.3. The van der Waals surface area contributed by atoms with E-state index in [-0.39, 0.29) is 6.61 Å². The van der Waals surface area contributed by atoms with Gasteiger partial charge in [-0.25, -0.2) is 0 Å². The van der Waals surface area contributed by atoms with Crippen LogP contribution in [0, 0.1) is 5.41 Å². The maximum absolute atomic E-state index is 9.09. The summed E-state index contributed by atoms with van der Waals surface area (Å²) in [5.41, 5.74) is 6.18. The molecule has 0 aromatic carbocycles. The van der Waals surface area contributed by atoms with Crippen molar-refractivity contribution in [3.8, 4) is 0 Å². The van der Waals surface area contributed by atoms with Gasteiger partial charge in [0.15, 0.2) is 0 Å². The molecule has 0 unspecified atom stereocenters. The fourth-order valence-electron chi connectivity index (χ4n) is 4.88. The number of hydrogen-bond acceptors (Lipinski definition) is 4. The number of likely N-dealkylation sites (N-methyl/N-ethyl adjacent to an activating group) is 1. The maximum atomic E-state index is 9.09. The van der Waals surface area contributed by atoms with Gasteiger partial charge in [0.1, 0.15) is 0 Å². The van der Waals surface area contributed by atoms with E-state index >= 15 is 0 Å². The van der Waals surface area contributed by atoms with Crippen LogP contribution in [0.25, 0.3) is 0 Å². The second-order valence-electron chi connectivity index (χ2n) is 9.19. The van der Waals surface area contributed by atoms with Crippen molar-refractivity contribution in [2.45, 2.75) is 72.5 Å². The standard InChI is InChI=1S/C22H38N4O/c1-18-7-5-9-22(2,3)21(18)8-12-25-10-6-11-26-20(17-25)15-19(23-26)16-24(4)13-14-27/h15,27H,5-14,16-17H2,1-4H3. The molecule has 1 aliphatic carbocycles. The highest BCUT2D eigenvalue weighted by Crippen LogP contribution is 2.41. The Morgan fingerprint density at radius 2 is 2.07 bits per heavy atom. The van der Waals surface area contributed by atoms with Gasteiger partial charge in [-0.05, 0) is 57.6 Å². The molecule has 0 amide bonds. The maximum Gasteiger partial charge on any atom is 0.0768 e. The normalized spacial score (nSPS) is 20.8. The van der Waals surface area contributed by atoms with Crippen molar-refractivity contribution in [1.82, 2.24) is 19.6 Å². The summed E-state index contributed by atoms with van der Waals surface area (Å²) in [5.74, 6) is 0. The zero-order valence-electron chi connectivity index (χ0n) is 17.8. The quantitative estimate of drug-likeness (QED) is 0.743. The third kappa shape index (κ3) is 5.21. The van der Waals surface area contributed by atoms with Crippen LogP contribution in [-0.4, -0.2) is 58.0 Å². The van der Waals surface area contributed by atoms with E-state index in [0.29, 0.717) is 12.0 Å². The van der Waals surface area contributed by atoms with E-state index in [1.807, 2.05) is 7.05 Å². The number of aliphatic hydroxyl groups excluding tert-OH is 1. The first-order valence-corrected chi connectivity index (χ1v) is 10.7. The van der Waals surface area contributed by atoms with Crippen molar-refractivity contribution < 1.29 is 5.11 Å². The lowest BCUT2D eigenvalue weighted by Crippen LogP contribution is -2.28. The van der Waals surface area contributed by atoms with Gasteiger partial charge in [-0.1, -0.05) is 25.0 Å². The topological polar surface area (TPSA) is 44.5 Å². The van der Waals surface area contributed by atoms with E-state index in [1.54, 1.807) is 11.1 Å². The van der Waals surface area contributed by atoms with Gasteiger partial charge in [0, 0.05) is 39.3 Å². The van der Waals surface area contributed by atoms with Crippen LogP contribution in [0.2, 0.25) is 0 Å². The fourth-order valence-corrected chi connectivity index (χ4v) is 4.88. The highest BCUT2D eigenvalue weighted by Gasteiger charge is 2.28. The molecule has 27 heavy (non-hydrogen) atoms. The average molecular weight is 375 g/mol. The van der Waals surface area contributed by atoms with Crippen LogP contribution in [0.4, 0.5) is 0 Å². The smallest absolute Gasteiger partial charge is 0.0768 e. The van der Waals surface area contributed by atoms with Gasteiger partial charge in [0.05, 0.1) is 18.0 Å². The summed E-state index contributed by atoms with van der Waals surface area (Å²) in [4.78, 5) is 4.74. The van der Waals surface area contributed by atoms with Crippen molar-refractivity contribution in [2.75, 3.05) is 33.3 Å². The summed E-state index contributed by atoms with van der Waals surface area (Å²) >= 11 is 0. The second kappa shape index (κ2) is 8.89. The zero-order chi connectivity index (χ0) is 19.4. The van der Waals surface area contributed by atoms with Crippen LogP contribution >= 0.6 is 0 Å². The molecular weight excluding hydrogens is 336 g/mol. The van der Waals surface area contributed by atoms with Gasteiger partial charge in [-0.2, -0.15) is 5.10 Å². The third-order valence-electron chi connectivity index (χ3n) is 6.42. The molecule has 1 aromatic heterocycles. The molecule has 0 bridgehead atoms. The van der Waals surface area contributed by atoms with Crippen molar-refractivity contribution >= 4 is 0 Å². The number of fused-ring (bicyclic) bond motifs is 1. The molecule has 2 heterocycles. The molecule has 0 fully saturated rings. The molecule has 5 nitrogen and oxygen atoms in total. The molecule has 152 valence electrons. The summed E-state index contributed by atoms with van der Waals surface area (Å²) in [6, 6.07) is 2.27. The second-order valence-corrected chi connectivity index (χ2v) is 9.19. The first kappa shape index (κ1) is 20.6. The largest absolute Gasteiger partial charge is 0.395 e. The Labute approximate surface area is 165 Å². The average Bonchev–Trinajstić information content (AvgIpc) is 2.84. The minimum atomic E-state index is 0.198. The summed E-state index contributed by atoms with van der Waals surface area (Å²) in [7, 11) is 2.04. The first-order valence-electron chi connectivity index (χ1n) is 10.7. The number of aromatic nitrogens is 2. The predicted molar refractivity (Wildman–Crippen MR) is 110 cm³/mol. The van der Waals surface area contributed by atoms with E-state index in [9.17, 15) is 0 Å². The van der Waals surface area contributed by atoms with Crippen LogP contribution in [0.1, 0.15) is 64.3 Å². The Bertz CT molecular complexity index is 661. The number of hydrogen-bond donors (Lipinski definition) is 1. The number of nitrogens with zero attached hydrogens (tertiary/aromatic N) is 4. The molecule has 2 aliphatic rings. The Kier molecular flexibility index (Phi) is 6.77. The lowest BCUT2D eigenvalue weighted by molar-refractivity contribution is 0.215. The molecule has 1 aliphatic heterocycles. The van der Waals surface area contributed by atoms with Gasteiger partial charge < -0.3 is 5.11 Å². The SMILES string of the molecule is CC1=C(CCN2CCCn3nc(CN(C)CCO)cc3C2)C(C)(C)CCC1. The van der Waals surface area contributed by atoms with Crippen molar-refractivity contribution in [3.63, 3.8) is 0 Å². The van der Waals surface area contributed by atoms with Crippen LogP contribution in [0.5, 0.6) is 0 Å². The number of allylic oxidation sites excluding steroid dienone is 1. The summed E-state index contributed by atoms with van der Waals surface area (Å²) in [6.07, 6.45) is 6.34. The molecular formula is C22H38N4O. The van der Waals surface area contributed by atoms with E-state index in [0.717, 1.165) is 38.4 Å². The van der Waals surface area contributed by atoms with Gasteiger partial charge in [-0.15, -0.1) is 0 Å². The van der Waals surface area contributed by atoms with Crippen LogP contribution in [0.3, 0.4) is 0 Å². The van der Waals surface area contributed by atoms with E-state index in [2.05, 4.69) is 41.3 Å². The minimum absolute atomic E-state index is 0.198. The fraction of sp³-hybridized carbons (Fsp3) is 0.773. The molecule has 5 heteroatoms. The first-order chi connectivity index (χ1) is 12.9. The van der Waals surface area contributed by atoms with Gasteiger partial charge in [-0.3, -0.25) is 14.5 Å². The lowest BCUT2D eigenvalue weighted by Gasteiger charge is -2.35. The Balaban J connectivity index is 1.62. The summed E-state index contributed by atoms with van der Waals surface area (Å²) in [6.45, 7) is 13.2. The Morgan fingerprint density at radius 1 is 1.26 bits per heavy atom. The van der Waals surface area contributed by atoms with Gasteiger partial charge in [0.25, 0.3) is 0 Å². The van der Waals surface area contributed by atoms with Crippen LogP contribution in [-0.2, 0) is 19.6 Å². The molecule has 1 N–H and O–H groups in total. The zero-order valence-corrected chi connectivity index (χ0v) is 17.8. The monoisotopic (exact) mass is 374 g/mol. The summed E-state index contributed by atoms with van der Waals surface area (Å²) in [5, 5.41) is 13.9. The predicted octanol–water partition coefficient (Wildman–Crippen LogP) is 3.43. The molecule has 0 saturated heterocycles. The highest BCUT2D eigenvalue weighted by molar-refractivity contribution is 5.22. The number of aryl methyl sites for hydroxylation is 1. The molecule has 3 rings (SSSR count). The molecule has 0 saturated carbocycles. The molecule has 0 spiro atoms. The molecule has 0 radical (unpaired) electrons. The van der Waals surface area contributed by atoms with Crippen molar-refractivity contribution in [2.24, 2.45) is 5.41 Å². The van der Waals surface area contributed by atoms with Crippen molar-refractivity contribution in [3.05, 3.63) is 28.6 Å². The number of rotatable bonds is 7. The van der Waals surface area contributed by atoms with Crippen molar-refractivity contribution in [1.29, 1.82) is 0 Å². The lowest BCUT2D eigenvalue weighted by atomic mass is 9.71. The third-order valence-corrected chi connectivity index (χ3v) is 6.42. The van der Waals surface area contributed by atoms with Crippen LogP contribution < -0.4 is 0 Å². The molecule has 0 atom stereocenters.